The molecule has 0 aliphatic carbocycles. The lowest BCUT2D eigenvalue weighted by atomic mass is 10.3. The van der Waals surface area contributed by atoms with E-state index >= 15 is 0 Å². The van der Waals surface area contributed by atoms with Crippen LogP contribution < -0.4 is 5.32 Å². The highest BCUT2D eigenvalue weighted by Crippen LogP contribution is 2.14. The highest BCUT2D eigenvalue weighted by atomic mass is 19.1. The number of rotatable bonds is 5. The van der Waals surface area contributed by atoms with Gasteiger partial charge in [-0.15, -0.1) is 0 Å². The number of hydrogen-bond donors (Lipinski definition) is 1. The zero-order valence-corrected chi connectivity index (χ0v) is 9.96. The molecule has 0 radical (unpaired) electrons. The van der Waals surface area contributed by atoms with Gasteiger partial charge in [-0.25, -0.2) is 8.78 Å². The van der Waals surface area contributed by atoms with Crippen LogP contribution in [0.4, 0.5) is 14.5 Å². The number of anilines is 1. The van der Waals surface area contributed by atoms with Crippen LogP contribution in [-0.2, 0) is 4.79 Å². The van der Waals surface area contributed by atoms with Crippen LogP contribution >= 0.6 is 0 Å². The van der Waals surface area contributed by atoms with Crippen molar-refractivity contribution in [2.24, 2.45) is 0 Å². The van der Waals surface area contributed by atoms with Crippen molar-refractivity contribution in [3.63, 3.8) is 0 Å². The van der Waals surface area contributed by atoms with E-state index in [4.69, 9.17) is 0 Å². The first-order chi connectivity index (χ1) is 8.08. The molecule has 0 fully saturated rings. The van der Waals surface area contributed by atoms with E-state index in [0.29, 0.717) is 13.1 Å². The van der Waals surface area contributed by atoms with Crippen molar-refractivity contribution >= 4 is 11.6 Å². The van der Waals surface area contributed by atoms with Crippen LogP contribution in [0, 0.1) is 11.6 Å². The van der Waals surface area contributed by atoms with E-state index in [1.165, 1.54) is 6.07 Å². The summed E-state index contributed by atoms with van der Waals surface area (Å²) in [6.07, 6.45) is 0. The van der Waals surface area contributed by atoms with Crippen LogP contribution in [0.1, 0.15) is 13.8 Å². The summed E-state index contributed by atoms with van der Waals surface area (Å²) in [6.45, 7) is 4.98. The molecule has 0 unspecified atom stereocenters. The number of carbonyl (C=O) groups excluding carboxylic acids is 1. The fourth-order valence-corrected chi connectivity index (χ4v) is 1.49. The molecule has 1 N–H and O–H groups in total. The Morgan fingerprint density at radius 3 is 2.47 bits per heavy atom. The van der Waals surface area contributed by atoms with Crippen molar-refractivity contribution in [2.45, 2.75) is 13.8 Å². The molecule has 5 heteroatoms. The molecule has 1 aromatic rings. The third kappa shape index (κ3) is 3.69. The normalized spacial score (nSPS) is 10.1. The van der Waals surface area contributed by atoms with Crippen molar-refractivity contribution in [1.29, 1.82) is 0 Å². The number of nitrogens with zero attached hydrogens (tertiary/aromatic N) is 1. The highest BCUT2D eigenvalue weighted by Gasteiger charge is 2.10. The van der Waals surface area contributed by atoms with Gasteiger partial charge in [0, 0.05) is 19.2 Å². The summed E-state index contributed by atoms with van der Waals surface area (Å²) < 4.78 is 25.9. The van der Waals surface area contributed by atoms with Crippen LogP contribution in [0.25, 0.3) is 0 Å². The van der Waals surface area contributed by atoms with Crippen LogP contribution in [0.3, 0.4) is 0 Å². The summed E-state index contributed by atoms with van der Waals surface area (Å²) in [5.74, 6) is -1.45. The van der Waals surface area contributed by atoms with E-state index in [-0.39, 0.29) is 18.1 Å². The number of halogens is 2. The molecule has 17 heavy (non-hydrogen) atoms. The van der Waals surface area contributed by atoms with E-state index in [0.717, 1.165) is 12.1 Å². The first-order valence-electron chi connectivity index (χ1n) is 5.55. The van der Waals surface area contributed by atoms with Crippen molar-refractivity contribution < 1.29 is 13.6 Å². The van der Waals surface area contributed by atoms with Crippen molar-refractivity contribution in [1.82, 2.24) is 4.90 Å². The molecule has 0 saturated heterocycles. The average molecular weight is 242 g/mol. The lowest BCUT2D eigenvalue weighted by molar-refractivity contribution is -0.128. The molecular weight excluding hydrogens is 226 g/mol. The lowest BCUT2D eigenvalue weighted by Gasteiger charge is -2.19. The summed E-state index contributed by atoms with van der Waals surface area (Å²) in [4.78, 5) is 13.3. The number of hydrogen-bond acceptors (Lipinski definition) is 2. The van der Waals surface area contributed by atoms with Gasteiger partial charge in [0.15, 0.2) is 0 Å². The number of nitrogens with one attached hydrogen (secondary N) is 1. The second kappa shape index (κ2) is 6.18. The third-order valence-corrected chi connectivity index (χ3v) is 2.48. The molecule has 0 spiro atoms. The van der Waals surface area contributed by atoms with Crippen LogP contribution in [0.2, 0.25) is 0 Å². The predicted octanol–water partition coefficient (Wildman–Crippen LogP) is 2.25. The zero-order chi connectivity index (χ0) is 12.8. The quantitative estimate of drug-likeness (QED) is 0.858. The Hall–Kier alpha value is -1.65. The second-order valence-corrected chi connectivity index (χ2v) is 3.54. The van der Waals surface area contributed by atoms with Gasteiger partial charge >= 0.3 is 0 Å². The molecule has 0 heterocycles. The van der Waals surface area contributed by atoms with Crippen LogP contribution in [0.15, 0.2) is 18.2 Å². The number of benzene rings is 1. The van der Waals surface area contributed by atoms with Gasteiger partial charge in [0.2, 0.25) is 5.91 Å². The summed E-state index contributed by atoms with van der Waals surface area (Å²) in [7, 11) is 0. The van der Waals surface area contributed by atoms with Crippen LogP contribution in [0.5, 0.6) is 0 Å². The zero-order valence-electron chi connectivity index (χ0n) is 9.96. The summed E-state index contributed by atoms with van der Waals surface area (Å²) >= 11 is 0. The first-order valence-corrected chi connectivity index (χ1v) is 5.55. The minimum atomic E-state index is -0.697. The van der Waals surface area contributed by atoms with Crippen molar-refractivity contribution in [3.8, 4) is 0 Å². The molecule has 0 aliphatic heterocycles. The van der Waals surface area contributed by atoms with Gasteiger partial charge in [-0.1, -0.05) is 0 Å². The minimum Gasteiger partial charge on any atom is -0.374 e. The Labute approximate surface area is 99.4 Å². The number of amides is 1. The smallest absolute Gasteiger partial charge is 0.241 e. The fourth-order valence-electron chi connectivity index (χ4n) is 1.49. The van der Waals surface area contributed by atoms with Crippen LogP contribution in [-0.4, -0.2) is 30.4 Å². The fraction of sp³-hybridized carbons (Fsp3) is 0.417. The maximum atomic E-state index is 13.2. The average Bonchev–Trinajstić information content (AvgIpc) is 2.29. The van der Waals surface area contributed by atoms with Gasteiger partial charge in [0.25, 0.3) is 0 Å². The van der Waals surface area contributed by atoms with Crippen molar-refractivity contribution in [3.05, 3.63) is 29.8 Å². The molecule has 1 aromatic carbocycles. The maximum absolute atomic E-state index is 13.2. The molecule has 3 nitrogen and oxygen atoms in total. The molecular formula is C12H16F2N2O. The Morgan fingerprint density at radius 1 is 1.29 bits per heavy atom. The summed E-state index contributed by atoms with van der Waals surface area (Å²) in [6, 6.07) is 3.21. The first kappa shape index (κ1) is 13.4. The molecule has 0 aromatic heterocycles. The summed E-state index contributed by atoms with van der Waals surface area (Å²) in [5, 5.41) is 2.66. The molecule has 0 saturated carbocycles. The Bertz CT molecular complexity index is 392. The Balaban J connectivity index is 2.58. The van der Waals surface area contributed by atoms with E-state index < -0.39 is 11.6 Å². The van der Waals surface area contributed by atoms with Gasteiger partial charge in [-0.3, -0.25) is 4.79 Å². The molecule has 94 valence electrons. The van der Waals surface area contributed by atoms with E-state index in [1.54, 1.807) is 4.90 Å². The van der Waals surface area contributed by atoms with E-state index in [9.17, 15) is 13.6 Å². The summed E-state index contributed by atoms with van der Waals surface area (Å²) in [5.41, 5.74) is 0.131. The standard InChI is InChI=1S/C12H16F2N2O/c1-3-16(4-2)12(17)8-15-11-6-5-9(13)7-10(11)14/h5-7,15H,3-4,8H2,1-2H3. The number of likely N-dealkylation sites (N-methyl/N-ethyl adjacent to an activating group) is 1. The molecule has 1 amide bonds. The Morgan fingerprint density at radius 2 is 1.94 bits per heavy atom. The van der Waals surface area contributed by atoms with Crippen molar-refractivity contribution in [2.75, 3.05) is 25.0 Å². The largest absolute Gasteiger partial charge is 0.374 e. The lowest BCUT2D eigenvalue weighted by Crippen LogP contribution is -2.35. The maximum Gasteiger partial charge on any atom is 0.241 e. The monoisotopic (exact) mass is 242 g/mol. The molecule has 1 rings (SSSR count). The van der Waals surface area contributed by atoms with Gasteiger partial charge in [0.05, 0.1) is 12.2 Å². The third-order valence-electron chi connectivity index (χ3n) is 2.48. The van der Waals surface area contributed by atoms with Gasteiger partial charge in [0.1, 0.15) is 11.6 Å². The molecule has 0 bridgehead atoms. The van der Waals surface area contributed by atoms with Gasteiger partial charge < -0.3 is 10.2 Å². The van der Waals surface area contributed by atoms with Gasteiger partial charge in [-0.2, -0.15) is 0 Å². The van der Waals surface area contributed by atoms with E-state index in [1.807, 2.05) is 13.8 Å². The van der Waals surface area contributed by atoms with Gasteiger partial charge in [-0.05, 0) is 26.0 Å². The molecule has 0 atom stereocenters. The number of carbonyl (C=O) groups is 1. The Kier molecular flexibility index (Phi) is 4.87. The molecule has 0 aliphatic rings. The second-order valence-electron chi connectivity index (χ2n) is 3.54. The minimum absolute atomic E-state index is 0.00420. The van der Waals surface area contributed by atoms with E-state index in [2.05, 4.69) is 5.32 Å². The predicted molar refractivity (Wildman–Crippen MR) is 62.8 cm³/mol. The highest BCUT2D eigenvalue weighted by molar-refractivity contribution is 5.80. The topological polar surface area (TPSA) is 32.3 Å². The SMILES string of the molecule is CCN(CC)C(=O)CNc1ccc(F)cc1F.